The molecule has 160 valence electrons. The van der Waals surface area contributed by atoms with Gasteiger partial charge in [0, 0.05) is 0 Å². The summed E-state index contributed by atoms with van der Waals surface area (Å²) in [5, 5.41) is 0. The van der Waals surface area contributed by atoms with Crippen molar-refractivity contribution in [3.63, 3.8) is 0 Å². The smallest absolute Gasteiger partial charge is 0.337 e. The Morgan fingerprint density at radius 2 is 1.66 bits per heavy atom. The zero-order valence-corrected chi connectivity index (χ0v) is 17.4. The lowest BCUT2D eigenvalue weighted by Gasteiger charge is -2.19. The lowest BCUT2D eigenvalue weighted by molar-refractivity contribution is -0.113. The summed E-state index contributed by atoms with van der Waals surface area (Å²) in [5.74, 6) is -0.514. The number of benzene rings is 3. The number of anilines is 1. The first-order valence-electron chi connectivity index (χ1n) is 9.74. The Morgan fingerprint density at radius 1 is 0.969 bits per heavy atom. The van der Waals surface area contributed by atoms with Crippen LogP contribution in [0.4, 0.5) is 10.1 Å². The first-order chi connectivity index (χ1) is 15.5. The third-order valence-corrected chi connectivity index (χ3v) is 4.94. The maximum absolute atomic E-state index is 14.6. The van der Waals surface area contributed by atoms with Crippen LogP contribution in [-0.4, -0.2) is 31.9 Å². The van der Waals surface area contributed by atoms with Crippen LogP contribution >= 0.6 is 0 Å². The van der Waals surface area contributed by atoms with Crippen molar-refractivity contribution in [2.45, 2.75) is 0 Å². The molecule has 0 radical (unpaired) electrons. The zero-order valence-electron chi connectivity index (χ0n) is 17.4. The highest BCUT2D eigenvalue weighted by molar-refractivity contribution is 6.33. The Hall–Kier alpha value is -4.26. The molecule has 0 atom stereocenters. The first-order valence-corrected chi connectivity index (χ1v) is 9.74. The molecule has 0 bridgehead atoms. The van der Waals surface area contributed by atoms with Gasteiger partial charge in [0.05, 0.1) is 31.0 Å². The van der Waals surface area contributed by atoms with Gasteiger partial charge in [0.25, 0.3) is 5.91 Å². The Morgan fingerprint density at radius 3 is 2.28 bits per heavy atom. The number of nitrogens with zero attached hydrogens (tertiary/aromatic N) is 2. The molecule has 1 heterocycles. The van der Waals surface area contributed by atoms with E-state index in [-0.39, 0.29) is 17.1 Å². The van der Waals surface area contributed by atoms with Crippen LogP contribution in [0.1, 0.15) is 21.5 Å². The van der Waals surface area contributed by atoms with Gasteiger partial charge >= 0.3 is 5.97 Å². The fraction of sp³-hybridized carbons (Fsp3) is 0.0800. The van der Waals surface area contributed by atoms with Gasteiger partial charge in [-0.25, -0.2) is 14.2 Å². The lowest BCUT2D eigenvalue weighted by atomic mass is 10.1. The maximum Gasteiger partial charge on any atom is 0.337 e. The van der Waals surface area contributed by atoms with Crippen LogP contribution in [0.15, 0.2) is 83.5 Å². The van der Waals surface area contributed by atoms with Crippen molar-refractivity contribution >= 4 is 29.5 Å². The average molecular weight is 430 g/mol. The SMILES string of the molecule is COC(=O)c1ccc(/C=C2/N=C(c3ccccc3F)N(c3ccc(OC)cc3)C2=O)cc1. The Balaban J connectivity index is 1.77. The molecule has 1 amide bonds. The number of methoxy groups -OCH3 is 2. The number of rotatable bonds is 5. The minimum atomic E-state index is -0.485. The Kier molecular flexibility index (Phi) is 5.81. The summed E-state index contributed by atoms with van der Waals surface area (Å²) in [7, 11) is 2.86. The number of ether oxygens (including phenoxy) is 2. The van der Waals surface area contributed by atoms with Crippen molar-refractivity contribution in [3.8, 4) is 5.75 Å². The van der Waals surface area contributed by atoms with E-state index in [4.69, 9.17) is 9.47 Å². The number of esters is 1. The van der Waals surface area contributed by atoms with E-state index < -0.39 is 17.7 Å². The van der Waals surface area contributed by atoms with Crippen LogP contribution < -0.4 is 9.64 Å². The predicted molar refractivity (Wildman–Crippen MR) is 119 cm³/mol. The standard InChI is InChI=1S/C25H19FN2O4/c1-31-19-13-11-18(12-14-19)28-23(20-5-3-4-6-21(20)26)27-22(24(28)29)15-16-7-9-17(10-8-16)25(30)32-2/h3-15H,1-2H3/b22-15+. The van der Waals surface area contributed by atoms with Gasteiger partial charge in [-0.1, -0.05) is 24.3 Å². The van der Waals surface area contributed by atoms with Gasteiger partial charge in [-0.15, -0.1) is 0 Å². The lowest BCUT2D eigenvalue weighted by Crippen LogP contribution is -2.33. The molecule has 0 saturated heterocycles. The fourth-order valence-corrected chi connectivity index (χ4v) is 3.30. The average Bonchev–Trinajstić information content (AvgIpc) is 3.15. The van der Waals surface area contributed by atoms with E-state index in [2.05, 4.69) is 4.99 Å². The summed E-state index contributed by atoms with van der Waals surface area (Å²) in [4.78, 5) is 30.8. The highest BCUT2D eigenvalue weighted by atomic mass is 19.1. The van der Waals surface area contributed by atoms with E-state index in [0.717, 1.165) is 0 Å². The summed E-state index contributed by atoms with van der Waals surface area (Å²) in [5.41, 5.74) is 1.94. The molecule has 1 aliphatic heterocycles. The van der Waals surface area contributed by atoms with Crippen LogP contribution in [0.2, 0.25) is 0 Å². The molecule has 32 heavy (non-hydrogen) atoms. The van der Waals surface area contributed by atoms with Crippen LogP contribution in [0.3, 0.4) is 0 Å². The minimum Gasteiger partial charge on any atom is -0.497 e. The molecule has 6 nitrogen and oxygen atoms in total. The molecule has 4 rings (SSSR count). The number of amides is 1. The van der Waals surface area contributed by atoms with E-state index in [1.54, 1.807) is 79.9 Å². The molecule has 0 N–H and O–H groups in total. The quantitative estimate of drug-likeness (QED) is 0.443. The third kappa shape index (κ3) is 4.00. The number of amidine groups is 1. The Bertz CT molecular complexity index is 1230. The fourth-order valence-electron chi connectivity index (χ4n) is 3.30. The van der Waals surface area contributed by atoms with Crippen molar-refractivity contribution in [2.24, 2.45) is 4.99 Å². The highest BCUT2D eigenvalue weighted by Gasteiger charge is 2.33. The number of halogens is 1. The molecule has 7 heteroatoms. The van der Waals surface area contributed by atoms with Gasteiger partial charge in [0.1, 0.15) is 17.3 Å². The van der Waals surface area contributed by atoms with Crippen molar-refractivity contribution in [1.82, 2.24) is 0 Å². The summed E-state index contributed by atoms with van der Waals surface area (Å²) in [6.07, 6.45) is 1.59. The zero-order chi connectivity index (χ0) is 22.7. The van der Waals surface area contributed by atoms with Gasteiger partial charge in [0.15, 0.2) is 5.84 Å². The molecular formula is C25H19FN2O4. The van der Waals surface area contributed by atoms with E-state index in [1.807, 2.05) is 0 Å². The summed E-state index contributed by atoms with van der Waals surface area (Å²) >= 11 is 0. The van der Waals surface area contributed by atoms with Crippen molar-refractivity contribution in [1.29, 1.82) is 0 Å². The summed E-state index contributed by atoms with van der Waals surface area (Å²) < 4.78 is 24.5. The molecule has 1 aliphatic rings. The topological polar surface area (TPSA) is 68.2 Å². The van der Waals surface area contributed by atoms with Crippen molar-refractivity contribution in [2.75, 3.05) is 19.1 Å². The van der Waals surface area contributed by atoms with Gasteiger partial charge in [0.2, 0.25) is 0 Å². The van der Waals surface area contributed by atoms with Crippen LogP contribution in [0, 0.1) is 5.82 Å². The van der Waals surface area contributed by atoms with Gasteiger partial charge in [-0.3, -0.25) is 9.69 Å². The summed E-state index contributed by atoms with van der Waals surface area (Å²) in [6, 6.07) is 19.6. The Labute approximate surface area is 184 Å². The van der Waals surface area contributed by atoms with Crippen LogP contribution in [-0.2, 0) is 9.53 Å². The van der Waals surface area contributed by atoms with Gasteiger partial charge in [-0.05, 0) is 60.2 Å². The molecule has 0 aliphatic carbocycles. The third-order valence-electron chi connectivity index (χ3n) is 4.94. The van der Waals surface area contributed by atoms with Gasteiger partial charge in [-0.2, -0.15) is 0 Å². The highest BCUT2D eigenvalue weighted by Crippen LogP contribution is 2.30. The maximum atomic E-state index is 14.6. The molecular weight excluding hydrogens is 411 g/mol. The molecule has 0 aromatic heterocycles. The largest absolute Gasteiger partial charge is 0.497 e. The summed E-state index contributed by atoms with van der Waals surface area (Å²) in [6.45, 7) is 0. The number of aliphatic imine (C=N–C) groups is 1. The second-order valence-corrected chi connectivity index (χ2v) is 6.90. The molecule has 3 aromatic rings. The molecule has 0 fully saturated rings. The van der Waals surface area contributed by atoms with Crippen molar-refractivity contribution in [3.05, 3.63) is 101 Å². The number of carbonyl (C=O) groups excluding carboxylic acids is 2. The van der Waals surface area contributed by atoms with Crippen LogP contribution in [0.25, 0.3) is 6.08 Å². The number of hydrogen-bond donors (Lipinski definition) is 0. The molecule has 0 unspecified atom stereocenters. The molecule has 0 spiro atoms. The van der Waals surface area contributed by atoms with Gasteiger partial charge < -0.3 is 9.47 Å². The molecule has 0 saturated carbocycles. The van der Waals surface area contributed by atoms with Crippen LogP contribution in [0.5, 0.6) is 5.75 Å². The minimum absolute atomic E-state index is 0.143. The van der Waals surface area contributed by atoms with E-state index in [1.165, 1.54) is 18.1 Å². The molecule has 3 aromatic carbocycles. The number of hydrogen-bond acceptors (Lipinski definition) is 5. The van der Waals surface area contributed by atoms with E-state index in [0.29, 0.717) is 22.6 Å². The van der Waals surface area contributed by atoms with E-state index >= 15 is 0 Å². The second kappa shape index (κ2) is 8.85. The number of carbonyl (C=O) groups is 2. The van der Waals surface area contributed by atoms with Crippen molar-refractivity contribution < 1.29 is 23.5 Å². The monoisotopic (exact) mass is 430 g/mol. The van der Waals surface area contributed by atoms with E-state index in [9.17, 15) is 14.0 Å². The first kappa shape index (κ1) is 21.0. The normalized spacial score (nSPS) is 14.5. The second-order valence-electron chi connectivity index (χ2n) is 6.90. The predicted octanol–water partition coefficient (Wildman–Crippen LogP) is 4.46.